The number of carbonyl (C=O) groups excluding carboxylic acids is 1. The first-order valence-corrected chi connectivity index (χ1v) is 9.79. The lowest BCUT2D eigenvalue weighted by Crippen LogP contribution is -2.40. The zero-order valence-electron chi connectivity index (χ0n) is 14.4. The minimum Gasteiger partial charge on any atom is -0.325 e. The number of rotatable bonds is 5. The number of amides is 1. The summed E-state index contributed by atoms with van der Waals surface area (Å²) in [6.07, 6.45) is 3.92. The smallest absolute Gasteiger partial charge is 0.228 e. The minimum absolute atomic E-state index is 0.0101. The van der Waals surface area contributed by atoms with E-state index in [9.17, 15) is 9.18 Å². The van der Waals surface area contributed by atoms with Crippen LogP contribution in [-0.4, -0.2) is 30.2 Å². The van der Waals surface area contributed by atoms with Crippen LogP contribution in [0.1, 0.15) is 18.4 Å². The topological polar surface area (TPSA) is 32.3 Å². The van der Waals surface area contributed by atoms with Gasteiger partial charge in [-0.15, -0.1) is 11.8 Å². The molecule has 0 aromatic heterocycles. The van der Waals surface area contributed by atoms with Gasteiger partial charge in [-0.2, -0.15) is 0 Å². The molecule has 1 unspecified atom stereocenters. The van der Waals surface area contributed by atoms with E-state index in [0.29, 0.717) is 0 Å². The van der Waals surface area contributed by atoms with E-state index in [0.717, 1.165) is 48.6 Å². The molecular formula is C20H23FN2OS. The van der Waals surface area contributed by atoms with Crippen LogP contribution in [0.25, 0.3) is 0 Å². The van der Waals surface area contributed by atoms with Crippen molar-refractivity contribution in [3.63, 3.8) is 0 Å². The summed E-state index contributed by atoms with van der Waals surface area (Å²) in [6, 6.07) is 14.5. The molecule has 5 heteroatoms. The van der Waals surface area contributed by atoms with Crippen LogP contribution in [0.2, 0.25) is 0 Å². The monoisotopic (exact) mass is 358 g/mol. The van der Waals surface area contributed by atoms with Gasteiger partial charge in [0, 0.05) is 18.0 Å². The van der Waals surface area contributed by atoms with Crippen LogP contribution >= 0.6 is 11.8 Å². The molecule has 1 aliphatic heterocycles. The standard InChI is InChI=1S/C20H23FN2OS/c1-25-19-7-3-2-6-18(19)22-20(24)16-5-4-12-23(14-16)13-15-8-10-17(21)11-9-15/h2-3,6-11,16H,4-5,12-14H2,1H3,(H,22,24). The third-order valence-electron chi connectivity index (χ3n) is 4.56. The number of carbonyl (C=O) groups is 1. The molecule has 1 N–H and O–H groups in total. The highest BCUT2D eigenvalue weighted by Crippen LogP contribution is 2.26. The van der Waals surface area contributed by atoms with Crippen LogP contribution in [0.4, 0.5) is 10.1 Å². The fourth-order valence-electron chi connectivity index (χ4n) is 3.24. The van der Waals surface area contributed by atoms with E-state index in [1.54, 1.807) is 11.8 Å². The molecule has 25 heavy (non-hydrogen) atoms. The summed E-state index contributed by atoms with van der Waals surface area (Å²) in [5.74, 6) is -0.137. The highest BCUT2D eigenvalue weighted by atomic mass is 32.2. The second kappa shape index (κ2) is 8.50. The Bertz CT molecular complexity index is 720. The molecule has 2 aromatic rings. The zero-order chi connectivity index (χ0) is 17.6. The van der Waals surface area contributed by atoms with Gasteiger partial charge in [0.25, 0.3) is 0 Å². The van der Waals surface area contributed by atoms with E-state index in [2.05, 4.69) is 10.2 Å². The fourth-order valence-corrected chi connectivity index (χ4v) is 3.80. The number of likely N-dealkylation sites (tertiary alicyclic amines) is 1. The number of piperidine rings is 1. The van der Waals surface area contributed by atoms with Crippen molar-refractivity contribution < 1.29 is 9.18 Å². The number of thioether (sulfide) groups is 1. The van der Waals surface area contributed by atoms with E-state index < -0.39 is 0 Å². The quantitative estimate of drug-likeness (QED) is 0.804. The SMILES string of the molecule is CSc1ccccc1NC(=O)C1CCCN(Cc2ccc(F)cc2)C1. The number of nitrogens with zero attached hydrogens (tertiary/aromatic N) is 1. The number of halogens is 1. The van der Waals surface area contributed by atoms with E-state index in [4.69, 9.17) is 0 Å². The average Bonchev–Trinajstić information content (AvgIpc) is 2.64. The summed E-state index contributed by atoms with van der Waals surface area (Å²) in [7, 11) is 0. The summed E-state index contributed by atoms with van der Waals surface area (Å²) in [5, 5.41) is 3.09. The second-order valence-corrected chi connectivity index (χ2v) is 7.24. The van der Waals surface area contributed by atoms with E-state index in [-0.39, 0.29) is 17.6 Å². The molecule has 0 aliphatic carbocycles. The Balaban J connectivity index is 1.60. The number of para-hydroxylation sites is 1. The summed E-state index contributed by atoms with van der Waals surface area (Å²) in [5.41, 5.74) is 1.96. The Hall–Kier alpha value is -1.85. The molecule has 0 bridgehead atoms. The van der Waals surface area contributed by atoms with Gasteiger partial charge in [-0.25, -0.2) is 4.39 Å². The second-order valence-electron chi connectivity index (χ2n) is 6.39. The zero-order valence-corrected chi connectivity index (χ0v) is 15.2. The fraction of sp³-hybridized carbons (Fsp3) is 0.350. The molecule has 2 aromatic carbocycles. The van der Waals surface area contributed by atoms with Crippen molar-refractivity contribution in [2.24, 2.45) is 5.92 Å². The summed E-state index contributed by atoms with van der Waals surface area (Å²) < 4.78 is 13.0. The number of anilines is 1. The van der Waals surface area contributed by atoms with Crippen LogP contribution in [0, 0.1) is 11.7 Å². The Morgan fingerprint density at radius 1 is 1.24 bits per heavy atom. The lowest BCUT2D eigenvalue weighted by molar-refractivity contribution is -0.121. The number of nitrogens with one attached hydrogen (secondary N) is 1. The third-order valence-corrected chi connectivity index (χ3v) is 5.36. The van der Waals surface area contributed by atoms with Gasteiger partial charge in [0.2, 0.25) is 5.91 Å². The predicted molar refractivity (Wildman–Crippen MR) is 101 cm³/mol. The lowest BCUT2D eigenvalue weighted by atomic mass is 9.96. The molecule has 1 saturated heterocycles. The molecular weight excluding hydrogens is 335 g/mol. The first-order chi connectivity index (χ1) is 12.2. The van der Waals surface area contributed by atoms with Crippen LogP contribution in [0.15, 0.2) is 53.4 Å². The van der Waals surface area contributed by atoms with Crippen molar-refractivity contribution in [2.45, 2.75) is 24.3 Å². The molecule has 1 amide bonds. The van der Waals surface area contributed by atoms with Gasteiger partial charge >= 0.3 is 0 Å². The normalized spacial score (nSPS) is 18.1. The average molecular weight is 358 g/mol. The van der Waals surface area contributed by atoms with Crippen molar-refractivity contribution >= 4 is 23.4 Å². The maximum Gasteiger partial charge on any atom is 0.228 e. The molecule has 0 radical (unpaired) electrons. The summed E-state index contributed by atoms with van der Waals surface area (Å²) in [6.45, 7) is 2.47. The number of benzene rings is 2. The molecule has 3 rings (SSSR count). The van der Waals surface area contributed by atoms with E-state index in [1.807, 2.05) is 42.7 Å². The van der Waals surface area contributed by atoms with Gasteiger partial charge in [-0.1, -0.05) is 24.3 Å². The highest BCUT2D eigenvalue weighted by molar-refractivity contribution is 7.98. The van der Waals surface area contributed by atoms with Crippen LogP contribution in [0.3, 0.4) is 0 Å². The largest absolute Gasteiger partial charge is 0.325 e. The first kappa shape index (κ1) is 18.0. The van der Waals surface area contributed by atoms with Gasteiger partial charge < -0.3 is 5.32 Å². The lowest BCUT2D eigenvalue weighted by Gasteiger charge is -2.32. The molecule has 1 fully saturated rings. The van der Waals surface area contributed by atoms with E-state index in [1.165, 1.54) is 12.1 Å². The molecule has 0 spiro atoms. The molecule has 1 aliphatic rings. The minimum atomic E-state index is -0.216. The number of hydrogen-bond donors (Lipinski definition) is 1. The first-order valence-electron chi connectivity index (χ1n) is 8.56. The van der Waals surface area contributed by atoms with Crippen molar-refractivity contribution in [3.05, 3.63) is 59.9 Å². The van der Waals surface area contributed by atoms with Gasteiger partial charge in [-0.3, -0.25) is 9.69 Å². The Kier molecular flexibility index (Phi) is 6.10. The molecule has 0 saturated carbocycles. The molecule has 1 atom stereocenters. The molecule has 132 valence electrons. The van der Waals surface area contributed by atoms with Crippen molar-refractivity contribution in [2.75, 3.05) is 24.7 Å². The number of hydrogen-bond acceptors (Lipinski definition) is 3. The van der Waals surface area contributed by atoms with Gasteiger partial charge in [0.15, 0.2) is 0 Å². The van der Waals surface area contributed by atoms with Gasteiger partial charge in [0.1, 0.15) is 5.82 Å². The summed E-state index contributed by atoms with van der Waals surface area (Å²) in [4.78, 5) is 16.0. The van der Waals surface area contributed by atoms with Crippen molar-refractivity contribution in [3.8, 4) is 0 Å². The summed E-state index contributed by atoms with van der Waals surface area (Å²) >= 11 is 1.63. The maximum atomic E-state index is 13.0. The molecule has 3 nitrogen and oxygen atoms in total. The van der Waals surface area contributed by atoms with Gasteiger partial charge in [0.05, 0.1) is 11.6 Å². The molecule has 1 heterocycles. The maximum absolute atomic E-state index is 13.0. The third kappa shape index (κ3) is 4.83. The Labute approximate surface area is 152 Å². The van der Waals surface area contributed by atoms with Crippen molar-refractivity contribution in [1.82, 2.24) is 4.90 Å². The van der Waals surface area contributed by atoms with Gasteiger partial charge in [-0.05, 0) is 55.5 Å². The van der Waals surface area contributed by atoms with E-state index >= 15 is 0 Å². The van der Waals surface area contributed by atoms with Crippen molar-refractivity contribution in [1.29, 1.82) is 0 Å². The highest BCUT2D eigenvalue weighted by Gasteiger charge is 2.26. The van der Waals surface area contributed by atoms with Crippen LogP contribution in [-0.2, 0) is 11.3 Å². The van der Waals surface area contributed by atoms with Crippen LogP contribution < -0.4 is 5.32 Å². The Morgan fingerprint density at radius 2 is 2.00 bits per heavy atom. The van der Waals surface area contributed by atoms with Crippen LogP contribution in [0.5, 0.6) is 0 Å². The predicted octanol–water partition coefficient (Wildman–Crippen LogP) is 4.40. The Morgan fingerprint density at radius 3 is 2.76 bits per heavy atom.